The van der Waals surface area contributed by atoms with Gasteiger partial charge in [-0.2, -0.15) is 0 Å². The van der Waals surface area contributed by atoms with Crippen LogP contribution < -0.4 is 0 Å². The first-order valence-corrected chi connectivity index (χ1v) is 4.61. The highest BCUT2D eigenvalue weighted by Crippen LogP contribution is 2.22. The van der Waals surface area contributed by atoms with Crippen LogP contribution in [0.15, 0.2) is 6.33 Å². The highest BCUT2D eigenvalue weighted by Gasteiger charge is 2.25. The van der Waals surface area contributed by atoms with Crippen molar-refractivity contribution in [3.63, 3.8) is 0 Å². The lowest BCUT2D eigenvalue weighted by molar-refractivity contribution is 0.0688. The van der Waals surface area contributed by atoms with Crippen LogP contribution in [0.1, 0.15) is 21.7 Å². The number of aromatic nitrogens is 2. The summed E-state index contributed by atoms with van der Waals surface area (Å²) in [5.41, 5.74) is 1.48. The molecule has 1 aliphatic rings. The summed E-state index contributed by atoms with van der Waals surface area (Å²) in [7, 11) is 0. The summed E-state index contributed by atoms with van der Waals surface area (Å²) >= 11 is 0. The molecule has 0 unspecified atom stereocenters. The summed E-state index contributed by atoms with van der Waals surface area (Å²) in [5.74, 6) is -1.03. The van der Waals surface area contributed by atoms with Gasteiger partial charge in [-0.25, -0.2) is 14.8 Å². The zero-order chi connectivity index (χ0) is 10.8. The molecule has 15 heavy (non-hydrogen) atoms. The molecule has 1 aliphatic heterocycles. The molecular weight excluding hydrogens is 198 g/mol. The molecule has 0 spiro atoms. The van der Waals surface area contributed by atoms with Gasteiger partial charge in [0, 0.05) is 25.2 Å². The third kappa shape index (κ3) is 1.81. The fourth-order valence-electron chi connectivity index (χ4n) is 1.73. The molecule has 6 nitrogen and oxygen atoms in total. The first-order valence-electron chi connectivity index (χ1n) is 4.61. The predicted molar refractivity (Wildman–Crippen MR) is 50.2 cm³/mol. The maximum atomic E-state index is 10.9. The number of aliphatic hydroxyl groups is 1. The van der Waals surface area contributed by atoms with E-state index in [0.29, 0.717) is 25.2 Å². The van der Waals surface area contributed by atoms with E-state index in [0.717, 1.165) is 5.69 Å². The number of hydrogen-bond acceptors (Lipinski definition) is 5. The number of carboxylic acid groups (broad SMARTS) is 1. The Labute approximate surface area is 86.2 Å². The van der Waals surface area contributed by atoms with E-state index < -0.39 is 5.97 Å². The minimum Gasteiger partial charge on any atom is -0.476 e. The number of hydrogen-bond donors (Lipinski definition) is 2. The topological polar surface area (TPSA) is 86.5 Å². The zero-order valence-corrected chi connectivity index (χ0v) is 8.05. The SMILES string of the molecule is O=C(O)c1ncnc2c1CN(CCO)C2. The third-order valence-corrected chi connectivity index (χ3v) is 2.41. The first-order chi connectivity index (χ1) is 7.22. The minimum atomic E-state index is -1.03. The first kappa shape index (κ1) is 10.0. The van der Waals surface area contributed by atoms with Gasteiger partial charge in [0.2, 0.25) is 0 Å². The molecule has 1 aromatic rings. The molecule has 0 atom stereocenters. The molecule has 0 saturated heterocycles. The highest BCUT2D eigenvalue weighted by molar-refractivity contribution is 5.87. The average molecular weight is 209 g/mol. The van der Waals surface area contributed by atoms with Gasteiger partial charge in [0.15, 0.2) is 5.69 Å². The zero-order valence-electron chi connectivity index (χ0n) is 8.05. The lowest BCUT2D eigenvalue weighted by Crippen LogP contribution is -2.20. The van der Waals surface area contributed by atoms with E-state index in [9.17, 15) is 4.79 Å². The van der Waals surface area contributed by atoms with Gasteiger partial charge >= 0.3 is 5.97 Å². The number of nitrogens with zero attached hydrogens (tertiary/aromatic N) is 3. The minimum absolute atomic E-state index is 0.0593. The Bertz CT molecular complexity index is 394. The van der Waals surface area contributed by atoms with Crippen molar-refractivity contribution in [2.45, 2.75) is 13.1 Å². The van der Waals surface area contributed by atoms with Gasteiger partial charge in [0.05, 0.1) is 12.3 Å². The Morgan fingerprint density at radius 2 is 2.27 bits per heavy atom. The standard InChI is InChI=1S/C9H11N3O3/c13-2-1-12-3-6-7(4-12)10-5-11-8(6)9(14)15/h5,13H,1-4H2,(H,14,15). The van der Waals surface area contributed by atoms with Gasteiger partial charge in [-0.3, -0.25) is 4.90 Å². The molecule has 80 valence electrons. The highest BCUT2D eigenvalue weighted by atomic mass is 16.4. The van der Waals surface area contributed by atoms with E-state index in [2.05, 4.69) is 9.97 Å². The van der Waals surface area contributed by atoms with Gasteiger partial charge in [-0.15, -0.1) is 0 Å². The van der Waals surface area contributed by atoms with E-state index in [1.165, 1.54) is 6.33 Å². The van der Waals surface area contributed by atoms with Crippen LogP contribution in [0.3, 0.4) is 0 Å². The molecule has 0 fully saturated rings. The van der Waals surface area contributed by atoms with Gasteiger partial charge in [-0.1, -0.05) is 0 Å². The van der Waals surface area contributed by atoms with E-state index in [4.69, 9.17) is 10.2 Å². The molecule has 1 aromatic heterocycles. The predicted octanol–water partition coefficient (Wildman–Crippen LogP) is -0.517. The van der Waals surface area contributed by atoms with Crippen LogP contribution in [0.5, 0.6) is 0 Å². The fraction of sp³-hybridized carbons (Fsp3) is 0.444. The summed E-state index contributed by atoms with van der Waals surface area (Å²) < 4.78 is 0. The summed E-state index contributed by atoms with van der Waals surface area (Å²) in [6.45, 7) is 1.66. The maximum Gasteiger partial charge on any atom is 0.354 e. The van der Waals surface area contributed by atoms with Crippen molar-refractivity contribution in [2.24, 2.45) is 0 Å². The number of β-amino-alcohol motifs (C(OH)–C–C–N with tert-alkyl or cyclic N) is 1. The number of aromatic carboxylic acids is 1. The van der Waals surface area contributed by atoms with Crippen molar-refractivity contribution in [1.82, 2.24) is 14.9 Å². The quantitative estimate of drug-likeness (QED) is 0.696. The summed E-state index contributed by atoms with van der Waals surface area (Å²) in [6, 6.07) is 0. The van der Waals surface area contributed by atoms with Crippen LogP contribution in [-0.2, 0) is 13.1 Å². The second-order valence-corrected chi connectivity index (χ2v) is 3.39. The average Bonchev–Trinajstić information content (AvgIpc) is 2.59. The molecule has 0 bridgehead atoms. The summed E-state index contributed by atoms with van der Waals surface area (Å²) in [6.07, 6.45) is 1.27. The smallest absolute Gasteiger partial charge is 0.354 e. The number of carboxylic acids is 1. The number of carbonyl (C=O) groups is 1. The largest absolute Gasteiger partial charge is 0.476 e. The van der Waals surface area contributed by atoms with Crippen LogP contribution in [-0.4, -0.2) is 44.2 Å². The maximum absolute atomic E-state index is 10.9. The monoisotopic (exact) mass is 209 g/mol. The lowest BCUT2D eigenvalue weighted by Gasteiger charge is -2.11. The Balaban J connectivity index is 2.29. The Morgan fingerprint density at radius 1 is 1.47 bits per heavy atom. The normalized spacial score (nSPS) is 15.3. The van der Waals surface area contributed by atoms with Crippen molar-refractivity contribution in [2.75, 3.05) is 13.2 Å². The number of aliphatic hydroxyl groups excluding tert-OH is 1. The van der Waals surface area contributed by atoms with Gasteiger partial charge in [-0.05, 0) is 0 Å². The summed E-state index contributed by atoms with van der Waals surface area (Å²) in [4.78, 5) is 20.6. The van der Waals surface area contributed by atoms with E-state index in [1.54, 1.807) is 0 Å². The van der Waals surface area contributed by atoms with E-state index in [-0.39, 0.29) is 12.3 Å². The van der Waals surface area contributed by atoms with Crippen molar-refractivity contribution in [1.29, 1.82) is 0 Å². The molecule has 0 saturated carbocycles. The molecule has 0 aromatic carbocycles. The second kappa shape index (κ2) is 3.92. The van der Waals surface area contributed by atoms with Gasteiger partial charge < -0.3 is 10.2 Å². The molecule has 2 N–H and O–H groups in total. The van der Waals surface area contributed by atoms with Crippen molar-refractivity contribution in [3.05, 3.63) is 23.3 Å². The Kier molecular flexibility index (Phi) is 2.61. The van der Waals surface area contributed by atoms with Crippen molar-refractivity contribution < 1.29 is 15.0 Å². The van der Waals surface area contributed by atoms with E-state index >= 15 is 0 Å². The van der Waals surface area contributed by atoms with Crippen LogP contribution in [0.4, 0.5) is 0 Å². The van der Waals surface area contributed by atoms with Crippen LogP contribution in [0.25, 0.3) is 0 Å². The lowest BCUT2D eigenvalue weighted by atomic mass is 10.2. The molecule has 0 amide bonds. The molecule has 0 aliphatic carbocycles. The van der Waals surface area contributed by atoms with E-state index in [1.807, 2.05) is 4.90 Å². The van der Waals surface area contributed by atoms with Crippen molar-refractivity contribution >= 4 is 5.97 Å². The van der Waals surface area contributed by atoms with Crippen LogP contribution in [0, 0.1) is 0 Å². The number of rotatable bonds is 3. The van der Waals surface area contributed by atoms with Gasteiger partial charge in [0.1, 0.15) is 6.33 Å². The molecular formula is C9H11N3O3. The number of fused-ring (bicyclic) bond motifs is 1. The van der Waals surface area contributed by atoms with Crippen LogP contribution in [0.2, 0.25) is 0 Å². The Morgan fingerprint density at radius 3 is 2.93 bits per heavy atom. The molecule has 6 heteroatoms. The van der Waals surface area contributed by atoms with Gasteiger partial charge in [0.25, 0.3) is 0 Å². The molecule has 2 rings (SSSR count). The Hall–Kier alpha value is -1.53. The molecule has 0 radical (unpaired) electrons. The van der Waals surface area contributed by atoms with Crippen LogP contribution >= 0.6 is 0 Å². The second-order valence-electron chi connectivity index (χ2n) is 3.39. The third-order valence-electron chi connectivity index (χ3n) is 2.41. The summed E-state index contributed by atoms with van der Waals surface area (Å²) in [5, 5.41) is 17.7. The van der Waals surface area contributed by atoms with Crippen molar-refractivity contribution in [3.8, 4) is 0 Å². The molecule has 2 heterocycles. The fourth-order valence-corrected chi connectivity index (χ4v) is 1.73.